The normalized spacial score (nSPS) is 22.5. The van der Waals surface area contributed by atoms with E-state index in [2.05, 4.69) is 5.32 Å². The smallest absolute Gasteiger partial charge is 0.328 e. The molecule has 0 spiro atoms. The Morgan fingerprint density at radius 1 is 1.62 bits per heavy atom. The third-order valence-electron chi connectivity index (χ3n) is 1.89. The van der Waals surface area contributed by atoms with Gasteiger partial charge in [0.2, 0.25) is 0 Å². The molecule has 2 N–H and O–H groups in total. The minimum atomic E-state index is -1.04. The predicted octanol–water partition coefficient (Wildman–Crippen LogP) is -0.889. The molecule has 2 amide bonds. The summed E-state index contributed by atoms with van der Waals surface area (Å²) in [6.45, 7) is 0.761. The Labute approximate surface area is 75.5 Å². The van der Waals surface area contributed by atoms with Crippen molar-refractivity contribution in [2.24, 2.45) is 0 Å². The predicted molar refractivity (Wildman–Crippen MR) is 43.4 cm³/mol. The van der Waals surface area contributed by atoms with Gasteiger partial charge in [-0.2, -0.15) is 0 Å². The summed E-state index contributed by atoms with van der Waals surface area (Å²) in [5, 5.41) is 11.1. The molecule has 13 heavy (non-hydrogen) atoms. The number of carboxylic acids is 1. The van der Waals surface area contributed by atoms with Crippen molar-refractivity contribution >= 4 is 12.0 Å². The molecule has 1 heterocycles. The number of nitrogens with zero attached hydrogens (tertiary/aromatic N) is 1. The number of morpholine rings is 1. The van der Waals surface area contributed by atoms with Crippen LogP contribution in [0.2, 0.25) is 0 Å². The van der Waals surface area contributed by atoms with Crippen molar-refractivity contribution in [1.82, 2.24) is 10.2 Å². The van der Waals surface area contributed by atoms with Crippen molar-refractivity contribution in [3.8, 4) is 0 Å². The molecule has 1 atom stereocenters. The molecule has 1 rings (SSSR count). The SMILES string of the molecule is CNC(=O)N1CCOCC1C(=O)O. The Balaban J connectivity index is 2.67. The quantitative estimate of drug-likeness (QED) is 0.559. The Hall–Kier alpha value is -1.30. The highest BCUT2D eigenvalue weighted by Crippen LogP contribution is 2.06. The highest BCUT2D eigenvalue weighted by atomic mass is 16.5. The molecule has 0 saturated carbocycles. The first kappa shape index (κ1) is 9.79. The van der Waals surface area contributed by atoms with Crippen molar-refractivity contribution in [3.63, 3.8) is 0 Å². The zero-order valence-electron chi connectivity index (χ0n) is 7.32. The van der Waals surface area contributed by atoms with E-state index in [1.807, 2.05) is 0 Å². The van der Waals surface area contributed by atoms with E-state index in [0.29, 0.717) is 13.2 Å². The highest BCUT2D eigenvalue weighted by Gasteiger charge is 2.31. The topological polar surface area (TPSA) is 78.9 Å². The number of hydrogen-bond acceptors (Lipinski definition) is 3. The molecular weight excluding hydrogens is 176 g/mol. The molecule has 0 radical (unpaired) electrons. The molecule has 0 aliphatic carbocycles. The summed E-state index contributed by atoms with van der Waals surface area (Å²) in [7, 11) is 1.47. The van der Waals surface area contributed by atoms with E-state index < -0.39 is 12.0 Å². The molecule has 0 aromatic heterocycles. The van der Waals surface area contributed by atoms with Gasteiger partial charge in [0, 0.05) is 13.6 Å². The lowest BCUT2D eigenvalue weighted by molar-refractivity contribution is -0.147. The summed E-state index contributed by atoms with van der Waals surface area (Å²) < 4.78 is 4.97. The largest absolute Gasteiger partial charge is 0.480 e. The third-order valence-corrected chi connectivity index (χ3v) is 1.89. The lowest BCUT2D eigenvalue weighted by Gasteiger charge is -2.32. The van der Waals surface area contributed by atoms with Crippen molar-refractivity contribution in [2.75, 3.05) is 26.8 Å². The molecule has 0 bridgehead atoms. The van der Waals surface area contributed by atoms with Crippen LogP contribution in [0.4, 0.5) is 4.79 Å². The third kappa shape index (κ3) is 2.09. The Morgan fingerprint density at radius 2 is 2.31 bits per heavy atom. The fourth-order valence-corrected chi connectivity index (χ4v) is 1.19. The van der Waals surface area contributed by atoms with Crippen molar-refractivity contribution < 1.29 is 19.4 Å². The van der Waals surface area contributed by atoms with Crippen LogP contribution in [0.5, 0.6) is 0 Å². The van der Waals surface area contributed by atoms with Gasteiger partial charge in [-0.25, -0.2) is 9.59 Å². The van der Waals surface area contributed by atoms with Crippen LogP contribution in [0.15, 0.2) is 0 Å². The number of aliphatic carboxylic acids is 1. The Kier molecular flexibility index (Phi) is 3.07. The molecule has 1 fully saturated rings. The minimum Gasteiger partial charge on any atom is -0.480 e. The zero-order chi connectivity index (χ0) is 9.84. The summed E-state index contributed by atoms with van der Waals surface area (Å²) in [6.07, 6.45) is 0. The van der Waals surface area contributed by atoms with E-state index in [-0.39, 0.29) is 12.6 Å². The Bertz CT molecular complexity index is 219. The van der Waals surface area contributed by atoms with E-state index >= 15 is 0 Å². The number of carboxylic acid groups (broad SMARTS) is 1. The lowest BCUT2D eigenvalue weighted by atomic mass is 10.2. The number of urea groups is 1. The van der Waals surface area contributed by atoms with Crippen LogP contribution in [0.25, 0.3) is 0 Å². The first-order valence-electron chi connectivity index (χ1n) is 3.95. The maximum absolute atomic E-state index is 11.2. The van der Waals surface area contributed by atoms with Crippen LogP contribution < -0.4 is 5.32 Å². The highest BCUT2D eigenvalue weighted by molar-refractivity contribution is 5.82. The van der Waals surface area contributed by atoms with Crippen LogP contribution in [0, 0.1) is 0 Å². The number of nitrogens with one attached hydrogen (secondary N) is 1. The standard InChI is InChI=1S/C7H12N2O4/c1-8-7(12)9-2-3-13-4-5(9)6(10)11/h5H,2-4H2,1H3,(H,8,12)(H,10,11). The fraction of sp³-hybridized carbons (Fsp3) is 0.714. The van der Waals surface area contributed by atoms with Crippen LogP contribution in [-0.2, 0) is 9.53 Å². The second-order valence-corrected chi connectivity index (χ2v) is 2.68. The number of rotatable bonds is 1. The molecule has 0 aromatic rings. The average molecular weight is 188 g/mol. The van der Waals surface area contributed by atoms with Gasteiger partial charge < -0.3 is 20.1 Å². The molecular formula is C7H12N2O4. The van der Waals surface area contributed by atoms with Gasteiger partial charge in [-0.3, -0.25) is 0 Å². The van der Waals surface area contributed by atoms with Crippen molar-refractivity contribution in [2.45, 2.75) is 6.04 Å². The van der Waals surface area contributed by atoms with E-state index in [1.54, 1.807) is 0 Å². The van der Waals surface area contributed by atoms with Gasteiger partial charge in [-0.15, -0.1) is 0 Å². The summed E-state index contributed by atoms with van der Waals surface area (Å²) in [6, 6.07) is -1.25. The first-order valence-corrected chi connectivity index (χ1v) is 3.95. The fourth-order valence-electron chi connectivity index (χ4n) is 1.19. The molecule has 1 aliphatic rings. The van der Waals surface area contributed by atoms with Gasteiger partial charge in [0.15, 0.2) is 6.04 Å². The molecule has 6 nitrogen and oxygen atoms in total. The Morgan fingerprint density at radius 3 is 2.85 bits per heavy atom. The molecule has 1 aliphatic heterocycles. The maximum Gasteiger partial charge on any atom is 0.328 e. The summed E-state index contributed by atoms with van der Waals surface area (Å²) >= 11 is 0. The lowest BCUT2D eigenvalue weighted by Crippen LogP contribution is -2.55. The molecule has 1 saturated heterocycles. The first-order chi connectivity index (χ1) is 6.16. The molecule has 1 unspecified atom stereocenters. The zero-order valence-corrected chi connectivity index (χ0v) is 7.32. The van der Waals surface area contributed by atoms with Crippen LogP contribution in [0.1, 0.15) is 0 Å². The summed E-state index contributed by atoms with van der Waals surface area (Å²) in [5.41, 5.74) is 0. The van der Waals surface area contributed by atoms with Crippen LogP contribution in [0.3, 0.4) is 0 Å². The van der Waals surface area contributed by atoms with Crippen molar-refractivity contribution in [3.05, 3.63) is 0 Å². The monoisotopic (exact) mass is 188 g/mol. The number of amides is 2. The molecule has 74 valence electrons. The summed E-state index contributed by atoms with van der Waals surface area (Å²) in [4.78, 5) is 23.1. The average Bonchev–Trinajstić information content (AvgIpc) is 2.16. The second kappa shape index (κ2) is 4.08. The van der Waals surface area contributed by atoms with Crippen molar-refractivity contribution in [1.29, 1.82) is 0 Å². The maximum atomic E-state index is 11.2. The number of carbonyl (C=O) groups excluding carboxylic acids is 1. The van der Waals surface area contributed by atoms with Crippen LogP contribution in [-0.4, -0.2) is 54.9 Å². The summed E-state index contributed by atoms with van der Waals surface area (Å²) in [5.74, 6) is -1.04. The van der Waals surface area contributed by atoms with Crippen LogP contribution >= 0.6 is 0 Å². The van der Waals surface area contributed by atoms with Gasteiger partial charge >= 0.3 is 12.0 Å². The number of hydrogen-bond donors (Lipinski definition) is 2. The van der Waals surface area contributed by atoms with Gasteiger partial charge in [0.1, 0.15) is 0 Å². The second-order valence-electron chi connectivity index (χ2n) is 2.68. The molecule has 6 heteroatoms. The van der Waals surface area contributed by atoms with E-state index in [1.165, 1.54) is 11.9 Å². The van der Waals surface area contributed by atoms with Gasteiger partial charge in [-0.1, -0.05) is 0 Å². The number of ether oxygens (including phenoxy) is 1. The number of carbonyl (C=O) groups is 2. The molecule has 0 aromatic carbocycles. The van der Waals surface area contributed by atoms with Gasteiger partial charge in [0.05, 0.1) is 13.2 Å². The van der Waals surface area contributed by atoms with Gasteiger partial charge in [0.25, 0.3) is 0 Å². The van der Waals surface area contributed by atoms with E-state index in [0.717, 1.165) is 0 Å². The van der Waals surface area contributed by atoms with Gasteiger partial charge in [-0.05, 0) is 0 Å². The van der Waals surface area contributed by atoms with E-state index in [4.69, 9.17) is 9.84 Å². The van der Waals surface area contributed by atoms with E-state index in [9.17, 15) is 9.59 Å². The minimum absolute atomic E-state index is 0.0583.